The number of anilines is 1. The number of hydrogen-bond donors (Lipinski definition) is 2. The van der Waals surface area contributed by atoms with Gasteiger partial charge in [-0.3, -0.25) is 5.43 Å². The van der Waals surface area contributed by atoms with Crippen LogP contribution in [0, 0.1) is 0 Å². The van der Waals surface area contributed by atoms with E-state index in [4.69, 9.17) is 0 Å². The molecule has 0 amide bonds. The van der Waals surface area contributed by atoms with E-state index in [1.54, 1.807) is 4.41 Å². The molecular weight excluding hydrogens is 270 g/mol. The smallest absolute Gasteiger partial charge is 0.184 e. The molecule has 2 N–H and O–H groups in total. The van der Waals surface area contributed by atoms with Gasteiger partial charge in [-0.25, -0.2) is 12.8 Å². The third-order valence-corrected chi connectivity index (χ3v) is 5.39. The molecule has 0 spiro atoms. The molecule has 0 saturated carbocycles. The Hall–Kier alpha value is -1.60. The lowest BCUT2D eigenvalue weighted by atomic mass is 10.2. The minimum Gasteiger partial charge on any atom is -0.361 e. The molecule has 1 aromatic heterocycles. The molecule has 0 bridgehead atoms. The number of benzene rings is 1. The SMILES string of the molecule is CS(=O)(=O)C1=CNN(c2ccc3[nH]ccc3c2)S1. The van der Waals surface area contributed by atoms with Crippen LogP contribution >= 0.6 is 11.9 Å². The minimum atomic E-state index is -3.16. The van der Waals surface area contributed by atoms with Crippen molar-refractivity contribution < 1.29 is 8.42 Å². The van der Waals surface area contributed by atoms with E-state index in [9.17, 15) is 8.42 Å². The fraction of sp³-hybridized carbons (Fsp3) is 0.0909. The van der Waals surface area contributed by atoms with E-state index < -0.39 is 9.84 Å². The van der Waals surface area contributed by atoms with Crippen LogP contribution in [0.5, 0.6) is 0 Å². The van der Waals surface area contributed by atoms with E-state index in [1.165, 1.54) is 24.4 Å². The summed E-state index contributed by atoms with van der Waals surface area (Å²) in [5.41, 5.74) is 4.89. The molecule has 0 saturated heterocycles. The quantitative estimate of drug-likeness (QED) is 0.824. The molecule has 0 radical (unpaired) electrons. The maximum atomic E-state index is 11.4. The Morgan fingerprint density at radius 2 is 2.11 bits per heavy atom. The summed E-state index contributed by atoms with van der Waals surface area (Å²) in [5.74, 6) is 0. The van der Waals surface area contributed by atoms with Crippen LogP contribution in [0.3, 0.4) is 0 Å². The molecule has 3 rings (SSSR count). The Labute approximate surface area is 109 Å². The lowest BCUT2D eigenvalue weighted by molar-refractivity contribution is 0.609. The standard InChI is InChI=1S/C11H11N3O2S2/c1-18(15,16)11-7-13-14(17-11)9-2-3-10-8(6-9)4-5-12-10/h2-7,12-13H,1H3. The highest BCUT2D eigenvalue weighted by Gasteiger charge is 2.23. The Balaban J connectivity index is 1.89. The largest absolute Gasteiger partial charge is 0.361 e. The van der Waals surface area contributed by atoms with Gasteiger partial charge < -0.3 is 4.98 Å². The topological polar surface area (TPSA) is 65.2 Å². The Morgan fingerprint density at radius 1 is 1.28 bits per heavy atom. The van der Waals surface area contributed by atoms with Crippen molar-refractivity contribution in [1.82, 2.24) is 10.4 Å². The van der Waals surface area contributed by atoms with Crippen molar-refractivity contribution in [2.45, 2.75) is 0 Å². The van der Waals surface area contributed by atoms with Gasteiger partial charge in [0.2, 0.25) is 0 Å². The molecular formula is C11H11N3O2S2. The molecule has 0 atom stereocenters. The summed E-state index contributed by atoms with van der Waals surface area (Å²) in [7, 11) is -3.16. The number of sulfone groups is 1. The first kappa shape index (κ1) is 11.5. The second-order valence-electron chi connectivity index (χ2n) is 4.00. The molecule has 1 aliphatic rings. The first-order chi connectivity index (χ1) is 8.54. The Kier molecular flexibility index (Phi) is 2.53. The van der Waals surface area contributed by atoms with Crippen LogP contribution in [0.15, 0.2) is 40.9 Å². The fourth-order valence-corrected chi connectivity index (χ4v) is 3.36. The summed E-state index contributed by atoms with van der Waals surface area (Å²) in [6.45, 7) is 0. The summed E-state index contributed by atoms with van der Waals surface area (Å²) in [6.07, 6.45) is 4.58. The zero-order valence-corrected chi connectivity index (χ0v) is 11.2. The van der Waals surface area contributed by atoms with Crippen LogP contribution in [0.4, 0.5) is 5.69 Å². The van der Waals surface area contributed by atoms with Gasteiger partial charge in [-0.1, -0.05) is 0 Å². The van der Waals surface area contributed by atoms with Crippen molar-refractivity contribution in [1.29, 1.82) is 0 Å². The summed E-state index contributed by atoms with van der Waals surface area (Å²) in [6, 6.07) is 7.86. The van der Waals surface area contributed by atoms with Gasteiger partial charge in [-0.05, 0) is 24.3 Å². The number of fused-ring (bicyclic) bond motifs is 1. The van der Waals surface area contributed by atoms with Gasteiger partial charge >= 0.3 is 0 Å². The molecule has 1 aromatic carbocycles. The summed E-state index contributed by atoms with van der Waals surface area (Å²) < 4.78 is 24.9. The number of nitrogens with zero attached hydrogens (tertiary/aromatic N) is 1. The van der Waals surface area contributed by atoms with Crippen LogP contribution < -0.4 is 9.84 Å². The Morgan fingerprint density at radius 3 is 2.83 bits per heavy atom. The monoisotopic (exact) mass is 281 g/mol. The zero-order chi connectivity index (χ0) is 12.8. The maximum absolute atomic E-state index is 11.4. The predicted molar refractivity (Wildman–Crippen MR) is 74.4 cm³/mol. The average Bonchev–Trinajstić information content (AvgIpc) is 2.96. The predicted octanol–water partition coefficient (Wildman–Crippen LogP) is 1.98. The number of rotatable bonds is 2. The highest BCUT2D eigenvalue weighted by molar-refractivity contribution is 8.19. The second kappa shape index (κ2) is 3.96. The maximum Gasteiger partial charge on any atom is 0.184 e. The lowest BCUT2D eigenvalue weighted by Crippen LogP contribution is -2.22. The van der Waals surface area contributed by atoms with Gasteiger partial charge in [0.25, 0.3) is 0 Å². The first-order valence-corrected chi connectivity index (χ1v) is 7.92. The van der Waals surface area contributed by atoms with Crippen molar-refractivity contribution >= 4 is 38.4 Å². The van der Waals surface area contributed by atoms with Crippen LogP contribution in [0.2, 0.25) is 0 Å². The Bertz CT molecular complexity index is 734. The zero-order valence-electron chi connectivity index (χ0n) is 9.54. The van der Waals surface area contributed by atoms with E-state index in [1.807, 2.05) is 30.5 Å². The van der Waals surface area contributed by atoms with E-state index in [0.29, 0.717) is 4.24 Å². The van der Waals surface area contributed by atoms with Crippen LogP contribution in [-0.4, -0.2) is 19.7 Å². The van der Waals surface area contributed by atoms with Crippen LogP contribution in [0.1, 0.15) is 0 Å². The van der Waals surface area contributed by atoms with Gasteiger partial charge in [0.15, 0.2) is 9.84 Å². The third-order valence-electron chi connectivity index (χ3n) is 2.62. The molecule has 5 nitrogen and oxygen atoms in total. The van der Waals surface area contributed by atoms with Crippen molar-refractivity contribution in [2.24, 2.45) is 0 Å². The van der Waals surface area contributed by atoms with Gasteiger partial charge in [0.05, 0.1) is 5.69 Å². The van der Waals surface area contributed by atoms with E-state index in [0.717, 1.165) is 16.6 Å². The van der Waals surface area contributed by atoms with Crippen LogP contribution in [0.25, 0.3) is 10.9 Å². The van der Waals surface area contributed by atoms with Crippen LogP contribution in [-0.2, 0) is 9.84 Å². The number of hydrazine groups is 1. The number of aromatic amines is 1. The van der Waals surface area contributed by atoms with E-state index in [-0.39, 0.29) is 0 Å². The van der Waals surface area contributed by atoms with Gasteiger partial charge in [-0.2, -0.15) is 0 Å². The first-order valence-electron chi connectivity index (χ1n) is 5.26. The van der Waals surface area contributed by atoms with Crippen molar-refractivity contribution in [3.8, 4) is 0 Å². The van der Waals surface area contributed by atoms with E-state index in [2.05, 4.69) is 10.4 Å². The van der Waals surface area contributed by atoms with Crippen molar-refractivity contribution in [3.63, 3.8) is 0 Å². The van der Waals surface area contributed by atoms with Crippen molar-refractivity contribution in [2.75, 3.05) is 10.7 Å². The molecule has 0 aliphatic carbocycles. The molecule has 7 heteroatoms. The molecule has 0 fully saturated rings. The van der Waals surface area contributed by atoms with Gasteiger partial charge in [-0.15, -0.1) is 0 Å². The summed E-state index contributed by atoms with van der Waals surface area (Å²) in [4.78, 5) is 3.12. The molecule has 2 aromatic rings. The minimum absolute atomic E-state index is 0.316. The second-order valence-corrected chi connectivity index (χ2v) is 7.23. The molecule has 1 aliphatic heterocycles. The number of H-pyrrole nitrogens is 1. The highest BCUT2D eigenvalue weighted by atomic mass is 32.3. The number of nitrogens with one attached hydrogen (secondary N) is 2. The lowest BCUT2D eigenvalue weighted by Gasteiger charge is -2.16. The van der Waals surface area contributed by atoms with Gasteiger partial charge in [0.1, 0.15) is 4.24 Å². The summed E-state index contributed by atoms with van der Waals surface area (Å²) in [5, 5.41) is 1.09. The molecule has 2 heterocycles. The summed E-state index contributed by atoms with van der Waals surface area (Å²) >= 11 is 1.17. The van der Waals surface area contributed by atoms with Gasteiger partial charge in [0, 0.05) is 41.5 Å². The molecule has 0 unspecified atom stereocenters. The number of aromatic nitrogens is 1. The highest BCUT2D eigenvalue weighted by Crippen LogP contribution is 2.34. The molecule has 18 heavy (non-hydrogen) atoms. The average molecular weight is 281 g/mol. The third kappa shape index (κ3) is 1.95. The number of hydrogen-bond acceptors (Lipinski definition) is 5. The van der Waals surface area contributed by atoms with Crippen molar-refractivity contribution in [3.05, 3.63) is 40.9 Å². The fourth-order valence-electron chi connectivity index (χ4n) is 1.72. The normalized spacial score (nSPS) is 15.8. The van der Waals surface area contributed by atoms with E-state index >= 15 is 0 Å². The molecule has 94 valence electrons.